The first-order valence-electron chi connectivity index (χ1n) is 5.56. The van der Waals surface area contributed by atoms with E-state index in [0.717, 1.165) is 19.3 Å². The van der Waals surface area contributed by atoms with Crippen LogP contribution in [0.25, 0.3) is 0 Å². The van der Waals surface area contributed by atoms with Crippen molar-refractivity contribution in [2.45, 2.75) is 39.2 Å². The van der Waals surface area contributed by atoms with Gasteiger partial charge in [-0.1, -0.05) is 20.3 Å². The SMILES string of the molecule is CCC1CCC(NS(=O)(=O)CCCl)C1C. The van der Waals surface area contributed by atoms with Gasteiger partial charge in [-0.15, -0.1) is 11.6 Å². The summed E-state index contributed by atoms with van der Waals surface area (Å²) in [5.74, 6) is 1.29. The molecule has 1 aliphatic rings. The van der Waals surface area contributed by atoms with Crippen LogP contribution in [0.4, 0.5) is 0 Å². The fraction of sp³-hybridized carbons (Fsp3) is 1.00. The van der Waals surface area contributed by atoms with E-state index in [1.54, 1.807) is 0 Å². The fourth-order valence-electron chi connectivity index (χ4n) is 2.38. The van der Waals surface area contributed by atoms with E-state index in [-0.39, 0.29) is 17.7 Å². The van der Waals surface area contributed by atoms with Crippen LogP contribution in [0.5, 0.6) is 0 Å². The van der Waals surface area contributed by atoms with E-state index in [2.05, 4.69) is 18.6 Å². The van der Waals surface area contributed by atoms with Crippen LogP contribution in [0.15, 0.2) is 0 Å². The summed E-state index contributed by atoms with van der Waals surface area (Å²) in [6.45, 7) is 4.30. The van der Waals surface area contributed by atoms with E-state index in [1.807, 2.05) is 0 Å². The second kappa shape index (κ2) is 5.51. The molecule has 1 aliphatic carbocycles. The third kappa shape index (κ3) is 3.61. The third-order valence-electron chi connectivity index (χ3n) is 3.43. The highest BCUT2D eigenvalue weighted by atomic mass is 35.5. The molecule has 3 atom stereocenters. The van der Waals surface area contributed by atoms with Crippen LogP contribution in [0, 0.1) is 11.8 Å². The Kier molecular flexibility index (Phi) is 4.87. The van der Waals surface area contributed by atoms with Crippen molar-refractivity contribution in [3.05, 3.63) is 0 Å². The van der Waals surface area contributed by atoms with Crippen molar-refractivity contribution in [2.75, 3.05) is 11.6 Å². The lowest BCUT2D eigenvalue weighted by molar-refractivity contribution is 0.369. The predicted octanol–water partition coefficient (Wildman–Crippen LogP) is 1.97. The Morgan fingerprint density at radius 1 is 1.40 bits per heavy atom. The minimum Gasteiger partial charge on any atom is -0.212 e. The van der Waals surface area contributed by atoms with Crippen LogP contribution in [0.1, 0.15) is 33.1 Å². The molecule has 1 N–H and O–H groups in total. The van der Waals surface area contributed by atoms with Gasteiger partial charge in [-0.2, -0.15) is 0 Å². The molecule has 90 valence electrons. The van der Waals surface area contributed by atoms with Crippen molar-refractivity contribution in [2.24, 2.45) is 11.8 Å². The van der Waals surface area contributed by atoms with Crippen molar-refractivity contribution in [3.63, 3.8) is 0 Å². The molecule has 3 nitrogen and oxygen atoms in total. The average molecular weight is 254 g/mol. The Labute approximate surface area is 97.6 Å². The van der Waals surface area contributed by atoms with Gasteiger partial charge in [0.2, 0.25) is 10.0 Å². The van der Waals surface area contributed by atoms with Gasteiger partial charge in [0, 0.05) is 11.9 Å². The molecule has 0 bridgehead atoms. The van der Waals surface area contributed by atoms with Gasteiger partial charge in [0.05, 0.1) is 5.75 Å². The molecular formula is C10H20ClNO2S. The number of nitrogens with one attached hydrogen (secondary N) is 1. The van der Waals surface area contributed by atoms with Crippen molar-refractivity contribution >= 4 is 21.6 Å². The lowest BCUT2D eigenvalue weighted by atomic mass is 9.94. The minimum atomic E-state index is -3.16. The summed E-state index contributed by atoms with van der Waals surface area (Å²) in [7, 11) is -3.16. The highest BCUT2D eigenvalue weighted by Crippen LogP contribution is 2.34. The summed E-state index contributed by atoms with van der Waals surface area (Å²) in [5.41, 5.74) is 0. The maximum absolute atomic E-state index is 11.5. The molecule has 1 rings (SSSR count). The monoisotopic (exact) mass is 253 g/mol. The standard InChI is InChI=1S/C10H20ClNO2S/c1-3-9-4-5-10(8(9)2)12-15(13,14)7-6-11/h8-10,12H,3-7H2,1-2H3. The van der Waals surface area contributed by atoms with Crippen molar-refractivity contribution in [3.8, 4) is 0 Å². The maximum Gasteiger partial charge on any atom is 0.213 e. The second-order valence-electron chi connectivity index (χ2n) is 4.34. The fourth-order valence-corrected chi connectivity index (χ4v) is 4.11. The summed E-state index contributed by atoms with van der Waals surface area (Å²) in [5, 5.41) is 0. The molecule has 0 aromatic rings. The molecular weight excluding hydrogens is 234 g/mol. The number of halogens is 1. The summed E-state index contributed by atoms with van der Waals surface area (Å²) in [6, 6.07) is 0.114. The van der Waals surface area contributed by atoms with Crippen molar-refractivity contribution < 1.29 is 8.42 Å². The van der Waals surface area contributed by atoms with Crippen LogP contribution in [-0.2, 0) is 10.0 Å². The zero-order valence-corrected chi connectivity index (χ0v) is 10.9. The van der Waals surface area contributed by atoms with Crippen LogP contribution in [-0.4, -0.2) is 26.1 Å². The van der Waals surface area contributed by atoms with Crippen molar-refractivity contribution in [1.29, 1.82) is 0 Å². The van der Waals surface area contributed by atoms with Crippen LogP contribution in [0.3, 0.4) is 0 Å². The van der Waals surface area contributed by atoms with E-state index < -0.39 is 10.0 Å². The molecule has 0 heterocycles. The molecule has 0 aliphatic heterocycles. The molecule has 0 amide bonds. The summed E-state index contributed by atoms with van der Waals surface area (Å²) in [6.07, 6.45) is 3.22. The first kappa shape index (κ1) is 13.3. The maximum atomic E-state index is 11.5. The van der Waals surface area contributed by atoms with Crippen LogP contribution < -0.4 is 4.72 Å². The Morgan fingerprint density at radius 3 is 2.53 bits per heavy atom. The molecule has 0 saturated heterocycles. The number of hydrogen-bond acceptors (Lipinski definition) is 2. The molecule has 3 unspecified atom stereocenters. The van der Waals surface area contributed by atoms with Crippen molar-refractivity contribution in [1.82, 2.24) is 4.72 Å². The molecule has 5 heteroatoms. The number of hydrogen-bond donors (Lipinski definition) is 1. The van der Waals surface area contributed by atoms with E-state index in [4.69, 9.17) is 11.6 Å². The molecule has 1 fully saturated rings. The van der Waals surface area contributed by atoms with Gasteiger partial charge < -0.3 is 0 Å². The van der Waals surface area contributed by atoms with Gasteiger partial charge >= 0.3 is 0 Å². The molecule has 15 heavy (non-hydrogen) atoms. The Bertz CT molecular complexity index is 292. The quantitative estimate of drug-likeness (QED) is 0.762. The van der Waals surface area contributed by atoms with Gasteiger partial charge in [-0.25, -0.2) is 13.1 Å². The van der Waals surface area contributed by atoms with Gasteiger partial charge in [-0.3, -0.25) is 0 Å². The first-order chi connectivity index (χ1) is 7.00. The van der Waals surface area contributed by atoms with E-state index in [0.29, 0.717) is 11.8 Å². The Morgan fingerprint density at radius 2 is 2.07 bits per heavy atom. The van der Waals surface area contributed by atoms with Crippen LogP contribution in [0.2, 0.25) is 0 Å². The average Bonchev–Trinajstić information content (AvgIpc) is 2.47. The zero-order chi connectivity index (χ0) is 11.5. The molecule has 1 saturated carbocycles. The topological polar surface area (TPSA) is 46.2 Å². The second-order valence-corrected chi connectivity index (χ2v) is 6.59. The van der Waals surface area contributed by atoms with E-state index in [9.17, 15) is 8.42 Å². The van der Waals surface area contributed by atoms with Gasteiger partial charge in [0.15, 0.2) is 0 Å². The third-order valence-corrected chi connectivity index (χ3v) is 5.24. The Hall–Kier alpha value is 0.200. The molecule has 0 radical (unpaired) electrons. The minimum absolute atomic E-state index is 0.0224. The Balaban J connectivity index is 2.54. The number of alkyl halides is 1. The van der Waals surface area contributed by atoms with Gasteiger partial charge in [0.1, 0.15) is 0 Å². The molecule has 0 spiro atoms. The van der Waals surface area contributed by atoms with Gasteiger partial charge in [-0.05, 0) is 24.7 Å². The van der Waals surface area contributed by atoms with E-state index >= 15 is 0 Å². The predicted molar refractivity (Wildman–Crippen MR) is 63.6 cm³/mol. The van der Waals surface area contributed by atoms with Gasteiger partial charge in [0.25, 0.3) is 0 Å². The lowest BCUT2D eigenvalue weighted by Gasteiger charge is -2.20. The van der Waals surface area contributed by atoms with Crippen LogP contribution >= 0.6 is 11.6 Å². The normalized spacial score (nSPS) is 32.1. The number of rotatable bonds is 5. The lowest BCUT2D eigenvalue weighted by Crippen LogP contribution is -2.39. The highest BCUT2D eigenvalue weighted by molar-refractivity contribution is 7.89. The smallest absolute Gasteiger partial charge is 0.212 e. The number of sulfonamides is 1. The molecule has 0 aromatic carbocycles. The summed E-state index contributed by atoms with van der Waals surface area (Å²) in [4.78, 5) is 0. The highest BCUT2D eigenvalue weighted by Gasteiger charge is 2.33. The first-order valence-corrected chi connectivity index (χ1v) is 7.74. The largest absolute Gasteiger partial charge is 0.213 e. The zero-order valence-electron chi connectivity index (χ0n) is 9.37. The molecule has 0 aromatic heterocycles. The summed E-state index contributed by atoms with van der Waals surface area (Å²) >= 11 is 5.44. The van der Waals surface area contributed by atoms with E-state index in [1.165, 1.54) is 0 Å². The summed E-state index contributed by atoms with van der Waals surface area (Å²) < 4.78 is 25.8.